The van der Waals surface area contributed by atoms with E-state index in [4.69, 9.17) is 9.47 Å². The summed E-state index contributed by atoms with van der Waals surface area (Å²) in [7, 11) is 1.64. The summed E-state index contributed by atoms with van der Waals surface area (Å²) in [5.41, 5.74) is 0.604. The van der Waals surface area contributed by atoms with Crippen molar-refractivity contribution >= 4 is 6.29 Å². The number of hydrogen-bond acceptors (Lipinski definition) is 4. The molecule has 0 spiro atoms. The maximum atomic E-state index is 10.6. The summed E-state index contributed by atoms with van der Waals surface area (Å²) in [6, 6.07) is 0. The molecule has 5 nitrogen and oxygen atoms in total. The standard InChI is InChI=1S/C10H16N2O3/c1-14-5-6-15-4-2-3-12-9-11-7-10(12)8-13/h7-9H,2-6H2,1H3. The van der Waals surface area contributed by atoms with Crippen LogP contribution in [-0.2, 0) is 16.0 Å². The lowest BCUT2D eigenvalue weighted by molar-refractivity contribution is 0.0679. The first-order valence-electron chi connectivity index (χ1n) is 4.90. The van der Waals surface area contributed by atoms with Crippen molar-refractivity contribution in [2.75, 3.05) is 26.9 Å². The molecule has 1 rings (SSSR count). The van der Waals surface area contributed by atoms with Crippen LogP contribution < -0.4 is 0 Å². The molecule has 1 aromatic rings. The largest absolute Gasteiger partial charge is 0.382 e. The third-order valence-electron chi connectivity index (χ3n) is 1.98. The van der Waals surface area contributed by atoms with Gasteiger partial charge in [0.1, 0.15) is 5.69 Å². The van der Waals surface area contributed by atoms with E-state index < -0.39 is 0 Å². The highest BCUT2D eigenvalue weighted by Gasteiger charge is 1.99. The first-order valence-corrected chi connectivity index (χ1v) is 4.90. The average Bonchev–Trinajstić information content (AvgIpc) is 2.70. The zero-order valence-corrected chi connectivity index (χ0v) is 8.89. The summed E-state index contributed by atoms with van der Waals surface area (Å²) < 4.78 is 12.0. The Morgan fingerprint density at radius 3 is 3.07 bits per heavy atom. The first kappa shape index (κ1) is 11.9. The maximum Gasteiger partial charge on any atom is 0.168 e. The second-order valence-electron chi connectivity index (χ2n) is 3.09. The minimum atomic E-state index is 0.604. The fraction of sp³-hybridized carbons (Fsp3) is 0.600. The highest BCUT2D eigenvalue weighted by molar-refractivity contribution is 5.71. The van der Waals surface area contributed by atoms with Crippen LogP contribution in [-0.4, -0.2) is 42.8 Å². The van der Waals surface area contributed by atoms with E-state index >= 15 is 0 Å². The molecule has 0 fully saturated rings. The second kappa shape index (κ2) is 7.14. The molecule has 0 saturated carbocycles. The SMILES string of the molecule is COCCOCCCn1cncc1C=O. The maximum absolute atomic E-state index is 10.6. The van der Waals surface area contributed by atoms with Crippen LogP contribution in [0.2, 0.25) is 0 Å². The Balaban J connectivity index is 2.12. The molecule has 0 amide bonds. The monoisotopic (exact) mass is 212 g/mol. The quantitative estimate of drug-likeness (QED) is 0.471. The lowest BCUT2D eigenvalue weighted by Crippen LogP contribution is -2.07. The van der Waals surface area contributed by atoms with Gasteiger partial charge in [0, 0.05) is 20.3 Å². The fourth-order valence-electron chi connectivity index (χ4n) is 1.20. The smallest absolute Gasteiger partial charge is 0.168 e. The number of carbonyl (C=O) groups is 1. The van der Waals surface area contributed by atoms with Gasteiger partial charge >= 0.3 is 0 Å². The predicted molar refractivity (Wildman–Crippen MR) is 54.9 cm³/mol. The number of nitrogens with zero attached hydrogens (tertiary/aromatic N) is 2. The van der Waals surface area contributed by atoms with Crippen LogP contribution in [0.1, 0.15) is 16.9 Å². The highest BCUT2D eigenvalue weighted by Crippen LogP contribution is 1.97. The van der Waals surface area contributed by atoms with Crippen LogP contribution in [0.15, 0.2) is 12.5 Å². The third kappa shape index (κ3) is 4.22. The van der Waals surface area contributed by atoms with Gasteiger partial charge in [-0.05, 0) is 6.42 Å². The molecule has 0 aliphatic carbocycles. The van der Waals surface area contributed by atoms with Crippen LogP contribution in [0.25, 0.3) is 0 Å². The average molecular weight is 212 g/mol. The predicted octanol–water partition coefficient (Wildman–Crippen LogP) is 0.749. The number of imidazole rings is 1. The van der Waals surface area contributed by atoms with E-state index in [1.807, 2.05) is 4.57 Å². The molecular formula is C10H16N2O3. The van der Waals surface area contributed by atoms with E-state index in [-0.39, 0.29) is 0 Å². The number of rotatable bonds is 8. The zero-order valence-electron chi connectivity index (χ0n) is 8.89. The summed E-state index contributed by atoms with van der Waals surface area (Å²) in [5.74, 6) is 0. The Bertz CT molecular complexity index is 286. The molecular weight excluding hydrogens is 196 g/mol. The molecule has 5 heteroatoms. The van der Waals surface area contributed by atoms with Crippen molar-refractivity contribution in [3.63, 3.8) is 0 Å². The number of aldehydes is 1. The molecule has 15 heavy (non-hydrogen) atoms. The molecule has 0 aliphatic heterocycles. The van der Waals surface area contributed by atoms with E-state index in [1.165, 1.54) is 0 Å². The van der Waals surface area contributed by atoms with E-state index in [0.29, 0.717) is 25.5 Å². The van der Waals surface area contributed by atoms with Crippen molar-refractivity contribution < 1.29 is 14.3 Å². The van der Waals surface area contributed by atoms with Crippen molar-refractivity contribution in [3.05, 3.63) is 18.2 Å². The van der Waals surface area contributed by atoms with Crippen LogP contribution in [0.3, 0.4) is 0 Å². The van der Waals surface area contributed by atoms with Gasteiger partial charge in [0.2, 0.25) is 0 Å². The molecule has 1 heterocycles. The molecule has 0 N–H and O–H groups in total. The molecule has 0 saturated heterocycles. The normalized spacial score (nSPS) is 10.5. The Labute approximate surface area is 89.0 Å². The van der Waals surface area contributed by atoms with Crippen molar-refractivity contribution in [2.24, 2.45) is 0 Å². The summed E-state index contributed by atoms with van der Waals surface area (Å²) in [6.45, 7) is 2.65. The zero-order chi connectivity index (χ0) is 10.9. The number of aromatic nitrogens is 2. The van der Waals surface area contributed by atoms with Crippen LogP contribution in [0.5, 0.6) is 0 Å². The Hall–Kier alpha value is -1.20. The molecule has 0 atom stereocenters. The summed E-state index contributed by atoms with van der Waals surface area (Å²) in [4.78, 5) is 14.4. The molecule has 0 aliphatic rings. The Morgan fingerprint density at radius 2 is 2.33 bits per heavy atom. The first-order chi connectivity index (χ1) is 7.38. The van der Waals surface area contributed by atoms with Gasteiger partial charge in [-0.25, -0.2) is 4.98 Å². The number of carbonyl (C=O) groups excluding carboxylic acids is 1. The molecule has 0 unspecified atom stereocenters. The van der Waals surface area contributed by atoms with Crippen molar-refractivity contribution in [3.8, 4) is 0 Å². The van der Waals surface area contributed by atoms with Gasteiger partial charge in [-0.15, -0.1) is 0 Å². The lowest BCUT2D eigenvalue weighted by atomic mass is 10.4. The van der Waals surface area contributed by atoms with Crippen LogP contribution >= 0.6 is 0 Å². The second-order valence-corrected chi connectivity index (χ2v) is 3.09. The van der Waals surface area contributed by atoms with Gasteiger partial charge in [-0.2, -0.15) is 0 Å². The van der Waals surface area contributed by atoms with E-state index in [0.717, 1.165) is 19.3 Å². The van der Waals surface area contributed by atoms with E-state index in [9.17, 15) is 4.79 Å². The van der Waals surface area contributed by atoms with Crippen LogP contribution in [0.4, 0.5) is 0 Å². The number of methoxy groups -OCH3 is 1. The summed E-state index contributed by atoms with van der Waals surface area (Å²) in [5, 5.41) is 0. The topological polar surface area (TPSA) is 53.4 Å². The molecule has 84 valence electrons. The van der Waals surface area contributed by atoms with E-state index in [2.05, 4.69) is 4.98 Å². The number of hydrogen-bond donors (Lipinski definition) is 0. The Morgan fingerprint density at radius 1 is 1.47 bits per heavy atom. The van der Waals surface area contributed by atoms with Gasteiger partial charge in [-0.3, -0.25) is 4.79 Å². The molecule has 0 aromatic carbocycles. The molecule has 0 bridgehead atoms. The minimum Gasteiger partial charge on any atom is -0.382 e. The van der Waals surface area contributed by atoms with Gasteiger partial charge in [0.15, 0.2) is 6.29 Å². The molecule has 0 radical (unpaired) electrons. The lowest BCUT2D eigenvalue weighted by Gasteiger charge is -2.05. The van der Waals surface area contributed by atoms with Crippen molar-refractivity contribution in [2.45, 2.75) is 13.0 Å². The van der Waals surface area contributed by atoms with Gasteiger partial charge < -0.3 is 14.0 Å². The van der Waals surface area contributed by atoms with Crippen molar-refractivity contribution in [1.29, 1.82) is 0 Å². The van der Waals surface area contributed by atoms with E-state index in [1.54, 1.807) is 19.6 Å². The van der Waals surface area contributed by atoms with Crippen LogP contribution in [0, 0.1) is 0 Å². The van der Waals surface area contributed by atoms with Gasteiger partial charge in [0.05, 0.1) is 25.7 Å². The Kier molecular flexibility index (Phi) is 5.65. The summed E-state index contributed by atoms with van der Waals surface area (Å²) >= 11 is 0. The summed E-state index contributed by atoms with van der Waals surface area (Å²) in [6.07, 6.45) is 4.87. The number of ether oxygens (including phenoxy) is 2. The van der Waals surface area contributed by atoms with Gasteiger partial charge in [0.25, 0.3) is 0 Å². The highest BCUT2D eigenvalue weighted by atomic mass is 16.5. The van der Waals surface area contributed by atoms with Gasteiger partial charge in [-0.1, -0.05) is 0 Å². The molecule has 1 aromatic heterocycles. The minimum absolute atomic E-state index is 0.604. The fourth-order valence-corrected chi connectivity index (χ4v) is 1.20. The third-order valence-corrected chi connectivity index (χ3v) is 1.98. The number of aryl methyl sites for hydroxylation is 1. The van der Waals surface area contributed by atoms with Crippen molar-refractivity contribution in [1.82, 2.24) is 9.55 Å².